The number of halogens is 28. The molecule has 0 aliphatic carbocycles. The minimum atomic E-state index is -7.98. The highest BCUT2D eigenvalue weighted by atomic mass is 35.5. The van der Waals surface area contributed by atoms with Gasteiger partial charge >= 0.3 is 71.6 Å². The van der Waals surface area contributed by atoms with Crippen molar-refractivity contribution < 1.29 is 148 Å². The van der Waals surface area contributed by atoms with E-state index < -0.39 is 97.5 Å². The molecule has 2 aromatic heterocycles. The first-order chi connectivity index (χ1) is 29.6. The Kier molecular flexibility index (Phi) is 22.1. The molecule has 398 valence electrons. The normalized spacial score (nSPS) is 14.4. The molecular formula is C38H40Cl2F26N2. The molecule has 0 N–H and O–H groups in total. The number of aromatic nitrogens is 2. The van der Waals surface area contributed by atoms with Crippen molar-refractivity contribution >= 4 is 0 Å². The standard InChI is InChI=1S/C38H40F26N2.2ClH/c39-27(40,29(43,44)31(47,48)33(51,52)35(55,56)37(59,60)61)19-23-65-21-13-11-17-25(65)15-9-7-5-3-1-2-4-6-8-10-16-26-18-12-14-22-66(26)24-20-28(41,42)30(45,46)32(49,50)34(53,54)36(57,58)38(62,63)64;;/h11-14,17-18,21-22H,1-10,15-16,19-20,23-24H2;2*1H/q+2;;/p-2. The number of alkyl halides is 26. The van der Waals surface area contributed by atoms with Crippen LogP contribution in [0.1, 0.15) is 88.4 Å². The van der Waals surface area contributed by atoms with E-state index in [1.807, 2.05) is 0 Å². The molecule has 2 heterocycles. The number of aryl methyl sites for hydroxylation is 4. The second-order valence-electron chi connectivity index (χ2n) is 15.3. The predicted octanol–water partition coefficient (Wildman–Crippen LogP) is 8.21. The van der Waals surface area contributed by atoms with E-state index in [1.54, 1.807) is 0 Å². The van der Waals surface area contributed by atoms with Gasteiger partial charge in [-0.15, -0.1) is 0 Å². The number of unbranched alkanes of at least 4 members (excludes halogenated alkanes) is 9. The van der Waals surface area contributed by atoms with Crippen molar-refractivity contribution in [2.45, 2.75) is 175 Å². The minimum absolute atomic E-state index is 0. The molecule has 0 amide bonds. The summed E-state index contributed by atoms with van der Waals surface area (Å²) >= 11 is 0. The SMILES string of the molecule is FC(F)(F)C(F)(F)C(F)(F)C(F)(F)C(F)(F)C(F)(F)CC[n+]1ccccc1CCCCCCCCCCCCc1cccc[n+]1CCC(F)(F)C(F)(F)C(F)(F)C(F)(F)C(F)(F)C(F)(F)F.[Cl-].[Cl-]. The Labute approximate surface area is 382 Å². The first kappa shape index (κ1) is 65.1. The van der Waals surface area contributed by atoms with Crippen LogP contribution in [0.2, 0.25) is 0 Å². The smallest absolute Gasteiger partial charge is 0.460 e. The summed E-state index contributed by atoms with van der Waals surface area (Å²) in [5.74, 6) is -74.5. The maximum atomic E-state index is 14.3. The second kappa shape index (κ2) is 23.1. The van der Waals surface area contributed by atoms with E-state index in [2.05, 4.69) is 0 Å². The van der Waals surface area contributed by atoms with Crippen LogP contribution >= 0.6 is 0 Å². The Balaban J connectivity index is 0.0000224. The zero-order valence-corrected chi connectivity index (χ0v) is 35.9. The molecule has 0 bridgehead atoms. The van der Waals surface area contributed by atoms with Gasteiger partial charge in [0.25, 0.3) is 0 Å². The summed E-state index contributed by atoms with van der Waals surface area (Å²) in [6.45, 7) is -2.55. The van der Waals surface area contributed by atoms with Gasteiger partial charge in [0.2, 0.25) is 0 Å². The van der Waals surface area contributed by atoms with Gasteiger partial charge in [-0.2, -0.15) is 114 Å². The molecule has 0 fully saturated rings. The van der Waals surface area contributed by atoms with Crippen molar-refractivity contribution in [2.24, 2.45) is 0 Å². The maximum Gasteiger partial charge on any atom is 0.460 e. The summed E-state index contributed by atoms with van der Waals surface area (Å²) in [7, 11) is 0. The van der Waals surface area contributed by atoms with Gasteiger partial charge in [-0.3, -0.25) is 0 Å². The van der Waals surface area contributed by atoms with Crippen LogP contribution in [0, 0.1) is 0 Å². The van der Waals surface area contributed by atoms with Gasteiger partial charge in [-0.25, -0.2) is 9.13 Å². The predicted molar refractivity (Wildman–Crippen MR) is 178 cm³/mol. The molecule has 0 atom stereocenters. The Morgan fingerprint density at radius 2 is 0.529 bits per heavy atom. The van der Waals surface area contributed by atoms with Crippen LogP contribution in [0.3, 0.4) is 0 Å². The molecule has 68 heavy (non-hydrogen) atoms. The van der Waals surface area contributed by atoms with E-state index in [-0.39, 0.29) is 49.0 Å². The number of pyridine rings is 2. The third-order valence-corrected chi connectivity index (χ3v) is 10.5. The zero-order chi connectivity index (χ0) is 51.3. The fourth-order valence-electron chi connectivity index (χ4n) is 6.38. The molecule has 2 rings (SSSR count). The first-order valence-electron chi connectivity index (χ1n) is 19.5. The molecule has 0 spiro atoms. The van der Waals surface area contributed by atoms with Gasteiger partial charge in [-0.05, 0) is 12.8 Å². The van der Waals surface area contributed by atoms with Crippen molar-refractivity contribution in [1.82, 2.24) is 0 Å². The van der Waals surface area contributed by atoms with Crippen molar-refractivity contribution in [2.75, 3.05) is 0 Å². The monoisotopic (exact) mass is 1090 g/mol. The third kappa shape index (κ3) is 13.1. The summed E-state index contributed by atoms with van der Waals surface area (Å²) in [5.41, 5.74) is 0.311. The van der Waals surface area contributed by atoms with Crippen LogP contribution < -0.4 is 33.9 Å². The summed E-state index contributed by atoms with van der Waals surface area (Å²) in [5, 5.41) is 0. The molecule has 0 saturated heterocycles. The highest BCUT2D eigenvalue weighted by molar-refractivity contribution is 5.11. The van der Waals surface area contributed by atoms with Crippen LogP contribution in [-0.2, 0) is 25.9 Å². The van der Waals surface area contributed by atoms with E-state index in [9.17, 15) is 114 Å². The molecule has 0 aliphatic rings. The van der Waals surface area contributed by atoms with Crippen molar-refractivity contribution in [3.05, 3.63) is 60.2 Å². The summed E-state index contributed by atoms with van der Waals surface area (Å²) in [4.78, 5) is 0. The average molecular weight is 1090 g/mol. The van der Waals surface area contributed by atoms with Crippen LogP contribution in [-0.4, -0.2) is 71.6 Å². The molecule has 0 aromatic carbocycles. The Bertz CT molecular complexity index is 1720. The lowest BCUT2D eigenvalue weighted by molar-refractivity contribution is -0.707. The lowest BCUT2D eigenvalue weighted by Crippen LogP contribution is -3.00. The van der Waals surface area contributed by atoms with Crippen LogP contribution in [0.15, 0.2) is 48.8 Å². The molecule has 0 aliphatic heterocycles. The Morgan fingerprint density at radius 1 is 0.294 bits per heavy atom. The third-order valence-electron chi connectivity index (χ3n) is 10.5. The number of hydrogen-bond acceptors (Lipinski definition) is 0. The van der Waals surface area contributed by atoms with E-state index in [1.165, 1.54) is 36.4 Å². The second-order valence-corrected chi connectivity index (χ2v) is 15.3. The molecule has 0 radical (unpaired) electrons. The molecular weight excluding hydrogens is 1050 g/mol. The van der Waals surface area contributed by atoms with Crippen molar-refractivity contribution in [1.29, 1.82) is 0 Å². The highest BCUT2D eigenvalue weighted by Gasteiger charge is 2.92. The van der Waals surface area contributed by atoms with Gasteiger partial charge in [0, 0.05) is 37.1 Å². The number of rotatable bonds is 27. The van der Waals surface area contributed by atoms with E-state index in [0.29, 0.717) is 64.2 Å². The maximum absolute atomic E-state index is 14.3. The van der Waals surface area contributed by atoms with Gasteiger partial charge in [0.15, 0.2) is 36.9 Å². The van der Waals surface area contributed by atoms with Gasteiger partial charge < -0.3 is 24.8 Å². The molecule has 0 saturated carbocycles. The molecule has 2 nitrogen and oxygen atoms in total. The van der Waals surface area contributed by atoms with Crippen LogP contribution in [0.5, 0.6) is 0 Å². The zero-order valence-electron chi connectivity index (χ0n) is 34.4. The van der Waals surface area contributed by atoms with Crippen molar-refractivity contribution in [3.8, 4) is 0 Å². The minimum Gasteiger partial charge on any atom is -1.00 e. The van der Waals surface area contributed by atoms with Gasteiger partial charge in [0.05, 0.1) is 12.8 Å². The summed E-state index contributed by atoms with van der Waals surface area (Å²) < 4.78 is 351. The summed E-state index contributed by atoms with van der Waals surface area (Å²) in [6, 6.07) is 7.70. The van der Waals surface area contributed by atoms with Gasteiger partial charge in [0.1, 0.15) is 0 Å². The number of nitrogens with zero attached hydrogens (tertiary/aromatic N) is 2. The summed E-state index contributed by atoms with van der Waals surface area (Å²) in [6.07, 6.45) is -12.0. The fourth-order valence-corrected chi connectivity index (χ4v) is 6.38. The lowest BCUT2D eigenvalue weighted by atomic mass is 9.92. The molecule has 0 unspecified atom stereocenters. The Hall–Kier alpha value is -2.94. The molecule has 30 heteroatoms. The van der Waals surface area contributed by atoms with Crippen LogP contribution in [0.25, 0.3) is 0 Å². The quantitative estimate of drug-likeness (QED) is 0.0485. The van der Waals surface area contributed by atoms with Gasteiger partial charge in [-0.1, -0.05) is 63.5 Å². The lowest BCUT2D eigenvalue weighted by Gasteiger charge is -2.39. The molecule has 2 aromatic rings. The highest BCUT2D eigenvalue weighted by Crippen LogP contribution is 2.62. The van der Waals surface area contributed by atoms with Crippen LogP contribution in [0.4, 0.5) is 114 Å². The Morgan fingerprint density at radius 3 is 0.779 bits per heavy atom. The average Bonchev–Trinajstić information content (AvgIpc) is 3.18. The largest absolute Gasteiger partial charge is 1.00 e. The fraction of sp³-hybridized carbons (Fsp3) is 0.737. The van der Waals surface area contributed by atoms with E-state index in [0.717, 1.165) is 21.5 Å². The topological polar surface area (TPSA) is 7.76 Å². The van der Waals surface area contributed by atoms with E-state index >= 15 is 0 Å². The first-order valence-corrected chi connectivity index (χ1v) is 19.5. The van der Waals surface area contributed by atoms with E-state index in [4.69, 9.17) is 0 Å². The number of hydrogen-bond donors (Lipinski definition) is 0. The van der Waals surface area contributed by atoms with Crippen molar-refractivity contribution in [3.63, 3.8) is 0 Å².